The van der Waals surface area contributed by atoms with Crippen LogP contribution in [0.5, 0.6) is 0 Å². The lowest BCUT2D eigenvalue weighted by Gasteiger charge is -2.22. The normalized spacial score (nSPS) is 12.5. The van der Waals surface area contributed by atoms with Gasteiger partial charge >= 0.3 is 0 Å². The first-order valence-corrected chi connectivity index (χ1v) is 8.62. The molecule has 23 heavy (non-hydrogen) atoms. The molecule has 132 valence electrons. The molecule has 0 saturated heterocycles. The average Bonchev–Trinajstić information content (AvgIpc) is 2.87. The third-order valence-electron chi connectivity index (χ3n) is 3.85. The summed E-state index contributed by atoms with van der Waals surface area (Å²) in [4.78, 5) is 12.4. The second kappa shape index (κ2) is 7.95. The van der Waals surface area contributed by atoms with E-state index < -0.39 is 5.54 Å². The molecular formula is C18H33N3O2. The summed E-state index contributed by atoms with van der Waals surface area (Å²) in [5.41, 5.74) is 0.778. The van der Waals surface area contributed by atoms with Gasteiger partial charge in [0, 0.05) is 17.7 Å². The highest BCUT2D eigenvalue weighted by atomic mass is 16.3. The van der Waals surface area contributed by atoms with Crippen molar-refractivity contribution in [1.82, 2.24) is 15.1 Å². The number of nitrogens with one attached hydrogen (secondary N) is 1. The Bertz CT molecular complexity index is 513. The van der Waals surface area contributed by atoms with Gasteiger partial charge in [-0.3, -0.25) is 9.48 Å². The zero-order chi connectivity index (χ0) is 17.7. The number of hydrogen-bond acceptors (Lipinski definition) is 3. The Labute approximate surface area is 140 Å². The molecule has 1 heterocycles. The van der Waals surface area contributed by atoms with Gasteiger partial charge in [0.1, 0.15) is 5.69 Å². The van der Waals surface area contributed by atoms with Crippen LogP contribution >= 0.6 is 0 Å². The Morgan fingerprint density at radius 2 is 1.87 bits per heavy atom. The Kier molecular flexibility index (Phi) is 6.81. The van der Waals surface area contributed by atoms with Gasteiger partial charge in [0.2, 0.25) is 0 Å². The number of aliphatic hydroxyl groups excluding tert-OH is 1. The summed E-state index contributed by atoms with van der Waals surface area (Å²) in [6.07, 6.45) is 4.68. The third kappa shape index (κ3) is 5.98. The number of hydrogen-bond donors (Lipinski definition) is 2. The fourth-order valence-electron chi connectivity index (χ4n) is 2.40. The minimum Gasteiger partial charge on any atom is -0.394 e. The third-order valence-corrected chi connectivity index (χ3v) is 3.85. The maximum Gasteiger partial charge on any atom is 0.272 e. The van der Waals surface area contributed by atoms with E-state index in [1.807, 2.05) is 10.7 Å². The van der Waals surface area contributed by atoms with Gasteiger partial charge in [-0.05, 0) is 26.3 Å². The van der Waals surface area contributed by atoms with E-state index in [0.29, 0.717) is 5.69 Å². The zero-order valence-corrected chi connectivity index (χ0v) is 15.6. The number of nitrogens with zero attached hydrogens (tertiary/aromatic N) is 2. The van der Waals surface area contributed by atoms with E-state index >= 15 is 0 Å². The maximum absolute atomic E-state index is 12.4. The van der Waals surface area contributed by atoms with Crippen molar-refractivity contribution in [3.05, 3.63) is 17.5 Å². The van der Waals surface area contributed by atoms with Gasteiger partial charge in [0.25, 0.3) is 5.91 Å². The molecule has 0 spiro atoms. The number of aromatic nitrogens is 2. The predicted molar refractivity (Wildman–Crippen MR) is 93.7 cm³/mol. The fourth-order valence-corrected chi connectivity index (χ4v) is 2.40. The van der Waals surface area contributed by atoms with Gasteiger partial charge in [-0.2, -0.15) is 5.10 Å². The van der Waals surface area contributed by atoms with Crippen molar-refractivity contribution in [2.75, 3.05) is 6.61 Å². The van der Waals surface area contributed by atoms with E-state index in [1.54, 1.807) is 13.8 Å². The Morgan fingerprint density at radius 1 is 1.22 bits per heavy atom. The molecule has 2 N–H and O–H groups in total. The SMILES string of the molecule is CCCCCCn1nc(C(=O)NC(C)(C)CO)cc1C(C)(C)C. The predicted octanol–water partition coefficient (Wildman–Crippen LogP) is 3.26. The van der Waals surface area contributed by atoms with E-state index in [2.05, 4.69) is 38.1 Å². The minimum absolute atomic E-state index is 0.0667. The summed E-state index contributed by atoms with van der Waals surface area (Å²) in [6, 6.07) is 1.88. The van der Waals surface area contributed by atoms with Gasteiger partial charge < -0.3 is 10.4 Å². The first-order chi connectivity index (χ1) is 10.6. The van der Waals surface area contributed by atoms with Crippen LogP contribution in [-0.2, 0) is 12.0 Å². The smallest absolute Gasteiger partial charge is 0.272 e. The molecule has 0 fully saturated rings. The molecule has 0 aliphatic rings. The molecule has 1 rings (SSSR count). The topological polar surface area (TPSA) is 67.2 Å². The Balaban J connectivity index is 2.93. The van der Waals surface area contributed by atoms with E-state index in [0.717, 1.165) is 18.7 Å². The quantitative estimate of drug-likeness (QED) is 0.722. The minimum atomic E-state index is -0.649. The van der Waals surface area contributed by atoms with Crippen LogP contribution in [0.1, 0.15) is 83.4 Å². The zero-order valence-electron chi connectivity index (χ0n) is 15.6. The van der Waals surface area contributed by atoms with Crippen molar-refractivity contribution in [2.24, 2.45) is 0 Å². The van der Waals surface area contributed by atoms with Gasteiger partial charge in [0.15, 0.2) is 0 Å². The molecule has 0 aliphatic heterocycles. The van der Waals surface area contributed by atoms with Crippen LogP contribution in [-0.4, -0.2) is 32.9 Å². The summed E-state index contributed by atoms with van der Waals surface area (Å²) < 4.78 is 1.97. The summed E-state index contributed by atoms with van der Waals surface area (Å²) in [5.74, 6) is -0.234. The first kappa shape index (κ1) is 19.7. The van der Waals surface area contributed by atoms with Crippen molar-refractivity contribution < 1.29 is 9.90 Å². The molecule has 0 radical (unpaired) electrons. The largest absolute Gasteiger partial charge is 0.394 e. The second-order valence-electron chi connectivity index (χ2n) is 7.94. The highest BCUT2D eigenvalue weighted by Crippen LogP contribution is 2.24. The number of aliphatic hydroxyl groups is 1. The molecule has 1 amide bonds. The second-order valence-corrected chi connectivity index (χ2v) is 7.94. The van der Waals surface area contributed by atoms with Gasteiger partial charge in [-0.1, -0.05) is 47.0 Å². The number of aryl methyl sites for hydroxylation is 1. The van der Waals surface area contributed by atoms with Crippen molar-refractivity contribution in [1.29, 1.82) is 0 Å². The van der Waals surface area contributed by atoms with Crippen LogP contribution in [0.25, 0.3) is 0 Å². The Hall–Kier alpha value is -1.36. The molecule has 0 atom stereocenters. The number of rotatable bonds is 8. The lowest BCUT2D eigenvalue weighted by atomic mass is 9.91. The van der Waals surface area contributed by atoms with E-state index in [1.165, 1.54) is 19.3 Å². The monoisotopic (exact) mass is 323 g/mol. The van der Waals surface area contributed by atoms with E-state index in [4.69, 9.17) is 0 Å². The van der Waals surface area contributed by atoms with Crippen LogP contribution in [0.3, 0.4) is 0 Å². The Morgan fingerprint density at radius 3 is 2.39 bits per heavy atom. The molecule has 0 aliphatic carbocycles. The van der Waals surface area contributed by atoms with Gasteiger partial charge in [0.05, 0.1) is 12.1 Å². The molecule has 5 heteroatoms. The molecular weight excluding hydrogens is 290 g/mol. The number of amides is 1. The molecule has 0 aromatic carbocycles. The molecule has 0 saturated carbocycles. The highest BCUT2D eigenvalue weighted by Gasteiger charge is 2.26. The van der Waals surface area contributed by atoms with Crippen molar-refractivity contribution in [2.45, 2.75) is 84.7 Å². The standard InChI is InChI=1S/C18H33N3O2/c1-7-8-9-10-11-21-15(17(2,3)4)12-14(20-21)16(23)19-18(5,6)13-22/h12,22H,7-11,13H2,1-6H3,(H,19,23). The van der Waals surface area contributed by atoms with Crippen LogP contribution in [0.15, 0.2) is 6.07 Å². The molecule has 0 bridgehead atoms. The van der Waals surface area contributed by atoms with E-state index in [9.17, 15) is 9.90 Å². The van der Waals surface area contributed by atoms with Crippen LogP contribution < -0.4 is 5.32 Å². The van der Waals surface area contributed by atoms with Crippen molar-refractivity contribution in [3.63, 3.8) is 0 Å². The number of carbonyl (C=O) groups is 1. The number of unbranched alkanes of at least 4 members (excludes halogenated alkanes) is 3. The fraction of sp³-hybridized carbons (Fsp3) is 0.778. The highest BCUT2D eigenvalue weighted by molar-refractivity contribution is 5.92. The van der Waals surface area contributed by atoms with Gasteiger partial charge in [-0.25, -0.2) is 0 Å². The van der Waals surface area contributed by atoms with Crippen molar-refractivity contribution >= 4 is 5.91 Å². The van der Waals surface area contributed by atoms with Gasteiger partial charge in [-0.15, -0.1) is 0 Å². The first-order valence-electron chi connectivity index (χ1n) is 8.62. The summed E-state index contributed by atoms with van der Waals surface area (Å²) >= 11 is 0. The summed E-state index contributed by atoms with van der Waals surface area (Å²) in [5, 5.41) is 16.6. The maximum atomic E-state index is 12.4. The molecule has 1 aromatic rings. The van der Waals surface area contributed by atoms with Crippen LogP contribution in [0.2, 0.25) is 0 Å². The summed E-state index contributed by atoms with van der Waals surface area (Å²) in [7, 11) is 0. The molecule has 5 nitrogen and oxygen atoms in total. The molecule has 1 aromatic heterocycles. The average molecular weight is 323 g/mol. The summed E-state index contributed by atoms with van der Waals surface area (Å²) in [6.45, 7) is 12.9. The van der Waals surface area contributed by atoms with Crippen LogP contribution in [0.4, 0.5) is 0 Å². The van der Waals surface area contributed by atoms with Crippen LogP contribution in [0, 0.1) is 0 Å². The van der Waals surface area contributed by atoms with E-state index in [-0.39, 0.29) is 17.9 Å². The number of carbonyl (C=O) groups excluding carboxylic acids is 1. The lowest BCUT2D eigenvalue weighted by molar-refractivity contribution is 0.0863. The van der Waals surface area contributed by atoms with Crippen molar-refractivity contribution in [3.8, 4) is 0 Å². The lowest BCUT2D eigenvalue weighted by Crippen LogP contribution is -2.46. The molecule has 0 unspecified atom stereocenters.